The summed E-state index contributed by atoms with van der Waals surface area (Å²) in [5, 5.41) is 1.98. The van der Waals surface area contributed by atoms with Crippen LogP contribution in [0, 0.1) is 6.92 Å². The molecule has 1 aromatic rings. The minimum atomic E-state index is 0.169. The molecule has 19 heavy (non-hydrogen) atoms. The Hall–Kier alpha value is -1.57. The number of allylic oxidation sites excluding steroid dienone is 2. The lowest BCUT2D eigenvalue weighted by Crippen LogP contribution is -2.48. The third kappa shape index (κ3) is 3.06. The molecule has 0 radical (unpaired) electrons. The zero-order chi connectivity index (χ0) is 14.4. The highest BCUT2D eigenvalue weighted by Gasteiger charge is 2.10. The molecule has 2 nitrogen and oxygen atoms in total. The van der Waals surface area contributed by atoms with Crippen LogP contribution in [0.25, 0.3) is 11.6 Å². The highest BCUT2D eigenvalue weighted by molar-refractivity contribution is 5.56. The molecule has 0 spiro atoms. The standard InChI is InChI=1S/C15H19NO.C2H6/c1-4-7-12-8-6-9-16-10-11(3)15(17)13(5-2)14(12)16;1-2/h4-5,7,10H,6,8-9H2,1-3H3;1-2H3/b7-4-,13-5+;. The normalized spacial score (nSPS) is 15.2. The summed E-state index contributed by atoms with van der Waals surface area (Å²) in [5.41, 5.74) is 2.29. The maximum Gasteiger partial charge on any atom is 0.191 e. The van der Waals surface area contributed by atoms with Crippen molar-refractivity contribution in [3.05, 3.63) is 44.7 Å². The molecule has 104 valence electrons. The molecular formula is C17H25NO. The molecule has 0 saturated heterocycles. The van der Waals surface area contributed by atoms with Crippen LogP contribution >= 0.6 is 0 Å². The number of pyridine rings is 1. The van der Waals surface area contributed by atoms with Crippen molar-refractivity contribution in [3.63, 3.8) is 0 Å². The largest absolute Gasteiger partial charge is 0.347 e. The van der Waals surface area contributed by atoms with Crippen LogP contribution in [0.3, 0.4) is 0 Å². The van der Waals surface area contributed by atoms with E-state index < -0.39 is 0 Å². The first kappa shape index (κ1) is 15.5. The van der Waals surface area contributed by atoms with E-state index in [2.05, 4.69) is 16.7 Å². The molecule has 0 bridgehead atoms. The smallest absolute Gasteiger partial charge is 0.191 e. The Bertz CT molecular complexity index is 632. The second-order valence-corrected chi connectivity index (χ2v) is 4.51. The topological polar surface area (TPSA) is 22.0 Å². The van der Waals surface area contributed by atoms with Gasteiger partial charge in [0.15, 0.2) is 5.43 Å². The minimum Gasteiger partial charge on any atom is -0.347 e. The van der Waals surface area contributed by atoms with Crippen molar-refractivity contribution in [3.8, 4) is 0 Å². The van der Waals surface area contributed by atoms with Crippen molar-refractivity contribution in [1.29, 1.82) is 0 Å². The van der Waals surface area contributed by atoms with Crippen LogP contribution in [0.2, 0.25) is 0 Å². The molecule has 2 rings (SSSR count). The van der Waals surface area contributed by atoms with E-state index in [1.54, 1.807) is 0 Å². The summed E-state index contributed by atoms with van der Waals surface area (Å²) < 4.78 is 2.23. The van der Waals surface area contributed by atoms with Crippen molar-refractivity contribution in [2.45, 2.75) is 54.0 Å². The molecule has 0 N–H and O–H groups in total. The van der Waals surface area contributed by atoms with Crippen molar-refractivity contribution in [2.75, 3.05) is 0 Å². The molecule has 0 unspecified atom stereocenters. The molecule has 0 saturated carbocycles. The first-order valence-electron chi connectivity index (χ1n) is 7.21. The van der Waals surface area contributed by atoms with Gasteiger partial charge in [-0.3, -0.25) is 4.79 Å². The predicted molar refractivity (Wildman–Crippen MR) is 83.6 cm³/mol. The number of aryl methyl sites for hydroxylation is 2. The summed E-state index contributed by atoms with van der Waals surface area (Å²) in [7, 11) is 0. The van der Waals surface area contributed by atoms with Crippen molar-refractivity contribution < 1.29 is 0 Å². The first-order chi connectivity index (χ1) is 9.19. The highest BCUT2D eigenvalue weighted by atomic mass is 16.1. The third-order valence-electron chi connectivity index (χ3n) is 3.30. The average Bonchev–Trinajstić information content (AvgIpc) is 2.43. The zero-order valence-electron chi connectivity index (χ0n) is 12.8. The zero-order valence-corrected chi connectivity index (χ0v) is 12.8. The molecule has 0 aliphatic carbocycles. The lowest BCUT2D eigenvalue weighted by molar-refractivity contribution is 0.600. The number of aromatic nitrogens is 1. The van der Waals surface area contributed by atoms with E-state index >= 15 is 0 Å². The fourth-order valence-electron chi connectivity index (χ4n) is 2.55. The Morgan fingerprint density at radius 2 is 1.95 bits per heavy atom. The summed E-state index contributed by atoms with van der Waals surface area (Å²) >= 11 is 0. The number of nitrogens with zero attached hydrogens (tertiary/aromatic N) is 1. The van der Waals surface area contributed by atoms with E-state index in [0.717, 1.165) is 35.5 Å². The van der Waals surface area contributed by atoms with Crippen LogP contribution in [0.5, 0.6) is 0 Å². The number of fused-ring (bicyclic) bond motifs is 1. The summed E-state index contributed by atoms with van der Waals surface area (Å²) in [6.45, 7) is 10.9. The monoisotopic (exact) mass is 259 g/mol. The van der Waals surface area contributed by atoms with Crippen molar-refractivity contribution in [1.82, 2.24) is 4.57 Å². The third-order valence-corrected chi connectivity index (χ3v) is 3.30. The van der Waals surface area contributed by atoms with Crippen molar-refractivity contribution >= 4 is 11.6 Å². The average molecular weight is 259 g/mol. The van der Waals surface area contributed by atoms with Gasteiger partial charge in [0.25, 0.3) is 0 Å². The van der Waals surface area contributed by atoms with Gasteiger partial charge in [-0.05, 0) is 39.2 Å². The van der Waals surface area contributed by atoms with E-state index in [1.165, 1.54) is 5.57 Å². The van der Waals surface area contributed by atoms with E-state index in [4.69, 9.17) is 0 Å². The molecule has 0 fully saturated rings. The second-order valence-electron chi connectivity index (χ2n) is 4.51. The Morgan fingerprint density at radius 1 is 1.26 bits per heavy atom. The van der Waals surface area contributed by atoms with Gasteiger partial charge >= 0.3 is 0 Å². The van der Waals surface area contributed by atoms with Gasteiger partial charge in [-0.1, -0.05) is 32.1 Å². The number of hydrogen-bond donors (Lipinski definition) is 0. The summed E-state index contributed by atoms with van der Waals surface area (Å²) in [4.78, 5) is 12.1. The molecule has 0 atom stereocenters. The highest BCUT2D eigenvalue weighted by Crippen LogP contribution is 2.10. The van der Waals surface area contributed by atoms with Crippen LogP contribution in [-0.2, 0) is 6.54 Å². The molecule has 1 aliphatic rings. The van der Waals surface area contributed by atoms with Gasteiger partial charge in [-0.2, -0.15) is 0 Å². The number of hydrogen-bond acceptors (Lipinski definition) is 1. The van der Waals surface area contributed by atoms with Crippen LogP contribution in [0.4, 0.5) is 0 Å². The van der Waals surface area contributed by atoms with Crippen LogP contribution in [0.15, 0.2) is 23.1 Å². The number of rotatable bonds is 1. The second kappa shape index (κ2) is 7.13. The fraction of sp³-hybridized carbons (Fsp3) is 0.471. The maximum atomic E-state index is 12.1. The Labute approximate surface area is 115 Å². The lowest BCUT2D eigenvalue weighted by atomic mass is 10.0. The van der Waals surface area contributed by atoms with Crippen LogP contribution in [0.1, 0.15) is 46.1 Å². The minimum absolute atomic E-state index is 0.169. The lowest BCUT2D eigenvalue weighted by Gasteiger charge is -2.17. The Morgan fingerprint density at radius 3 is 2.53 bits per heavy atom. The quantitative estimate of drug-likeness (QED) is 0.759. The summed E-state index contributed by atoms with van der Waals surface area (Å²) in [6, 6.07) is 0. The molecule has 0 amide bonds. The summed E-state index contributed by atoms with van der Waals surface area (Å²) in [6.07, 6.45) is 10.3. The first-order valence-corrected chi connectivity index (χ1v) is 7.21. The fourth-order valence-corrected chi connectivity index (χ4v) is 2.55. The SMILES string of the molecule is CC.C\C=C/C1=c2\c(=C/C)c(=O)c(C)cn2CCC1. The predicted octanol–water partition coefficient (Wildman–Crippen LogP) is 2.50. The Balaban J connectivity index is 0.000000861. The van der Waals surface area contributed by atoms with Crippen LogP contribution < -0.4 is 16.0 Å². The van der Waals surface area contributed by atoms with Crippen molar-refractivity contribution in [2.24, 2.45) is 0 Å². The molecule has 1 aliphatic heterocycles. The van der Waals surface area contributed by atoms with Gasteiger partial charge in [0, 0.05) is 23.5 Å². The van der Waals surface area contributed by atoms with E-state index in [-0.39, 0.29) is 5.43 Å². The summed E-state index contributed by atoms with van der Waals surface area (Å²) in [5.74, 6) is 0. The maximum absolute atomic E-state index is 12.1. The van der Waals surface area contributed by atoms with Gasteiger partial charge in [-0.15, -0.1) is 0 Å². The van der Waals surface area contributed by atoms with E-state index in [9.17, 15) is 4.79 Å². The van der Waals surface area contributed by atoms with Crippen LogP contribution in [-0.4, -0.2) is 4.57 Å². The molecule has 2 heteroatoms. The molecule has 0 aromatic carbocycles. The van der Waals surface area contributed by atoms with Gasteiger partial charge in [-0.25, -0.2) is 0 Å². The van der Waals surface area contributed by atoms with Gasteiger partial charge in [0.1, 0.15) is 0 Å². The molecular weight excluding hydrogens is 234 g/mol. The van der Waals surface area contributed by atoms with Gasteiger partial charge < -0.3 is 4.57 Å². The molecule has 2 heterocycles. The van der Waals surface area contributed by atoms with Gasteiger partial charge in [0.2, 0.25) is 0 Å². The van der Waals surface area contributed by atoms with Gasteiger partial charge in [0.05, 0.1) is 5.35 Å². The van der Waals surface area contributed by atoms with E-state index in [0.29, 0.717) is 0 Å². The Kier molecular flexibility index (Phi) is 5.81. The van der Waals surface area contributed by atoms with E-state index in [1.807, 2.05) is 46.9 Å². The molecule has 1 aromatic heterocycles.